The summed E-state index contributed by atoms with van der Waals surface area (Å²) in [7, 11) is 1.68. The fourth-order valence-corrected chi connectivity index (χ4v) is 1.37. The lowest BCUT2D eigenvalue weighted by molar-refractivity contribution is 0.0805. The van der Waals surface area contributed by atoms with E-state index in [9.17, 15) is 0 Å². The molecule has 0 radical (unpaired) electrons. The molecule has 0 bridgehead atoms. The van der Waals surface area contributed by atoms with Crippen LogP contribution >= 0.6 is 0 Å². The van der Waals surface area contributed by atoms with E-state index in [1.54, 1.807) is 19.5 Å². The van der Waals surface area contributed by atoms with Crippen LogP contribution in [0.3, 0.4) is 0 Å². The topological polar surface area (TPSA) is 43.4 Å². The van der Waals surface area contributed by atoms with Crippen LogP contribution < -0.4 is 10.1 Å². The predicted molar refractivity (Wildman–Crippen MR) is 63.7 cm³/mol. The van der Waals surface area contributed by atoms with Crippen LogP contribution in [0, 0.1) is 0 Å². The van der Waals surface area contributed by atoms with Crippen molar-refractivity contribution in [2.45, 2.75) is 19.4 Å². The van der Waals surface area contributed by atoms with E-state index in [1.165, 1.54) is 0 Å². The smallest absolute Gasteiger partial charge is 0.138 e. The van der Waals surface area contributed by atoms with Crippen LogP contribution in [0.4, 0.5) is 0 Å². The first-order chi connectivity index (χ1) is 7.86. The van der Waals surface area contributed by atoms with E-state index in [4.69, 9.17) is 9.47 Å². The van der Waals surface area contributed by atoms with Crippen LogP contribution in [0.1, 0.15) is 13.3 Å². The minimum Gasteiger partial charge on any atom is -0.485 e. The molecule has 1 unspecified atom stereocenters. The fraction of sp³-hybridized carbons (Fsp3) is 0.583. The minimum absolute atomic E-state index is 0.0285. The molecule has 0 amide bonds. The Balaban J connectivity index is 2.38. The average Bonchev–Trinajstić information content (AvgIpc) is 2.31. The number of rotatable bonds is 8. The number of aromatic nitrogens is 1. The van der Waals surface area contributed by atoms with Crippen molar-refractivity contribution in [3.63, 3.8) is 0 Å². The Morgan fingerprint density at radius 1 is 1.50 bits per heavy atom. The number of methoxy groups -OCH3 is 1. The second kappa shape index (κ2) is 8.07. The third-order valence-corrected chi connectivity index (χ3v) is 2.09. The van der Waals surface area contributed by atoms with E-state index in [0.717, 1.165) is 25.3 Å². The molecule has 0 fully saturated rings. The van der Waals surface area contributed by atoms with Crippen LogP contribution in [0.25, 0.3) is 0 Å². The summed E-state index contributed by atoms with van der Waals surface area (Å²) in [6, 6.07) is 3.76. The first-order valence-electron chi connectivity index (χ1n) is 5.63. The summed E-state index contributed by atoms with van der Waals surface area (Å²) >= 11 is 0. The highest BCUT2D eigenvalue weighted by Crippen LogP contribution is 2.08. The lowest BCUT2D eigenvalue weighted by Crippen LogP contribution is -2.35. The molecule has 0 aliphatic rings. The monoisotopic (exact) mass is 224 g/mol. The molecule has 0 saturated carbocycles. The lowest BCUT2D eigenvalue weighted by atomic mass is 10.3. The summed E-state index contributed by atoms with van der Waals surface area (Å²) < 4.78 is 10.9. The molecule has 1 rings (SSSR count). The minimum atomic E-state index is 0.0285. The predicted octanol–water partition coefficient (Wildman–Crippen LogP) is 1.47. The summed E-state index contributed by atoms with van der Waals surface area (Å²) in [5.74, 6) is 0.780. The highest BCUT2D eigenvalue weighted by molar-refractivity contribution is 5.15. The van der Waals surface area contributed by atoms with Crippen LogP contribution in [0.5, 0.6) is 5.75 Å². The van der Waals surface area contributed by atoms with Crippen LogP contribution in [-0.2, 0) is 4.74 Å². The number of hydrogen-bond donors (Lipinski definition) is 1. The van der Waals surface area contributed by atoms with Crippen molar-refractivity contribution in [2.75, 3.05) is 26.8 Å². The van der Waals surface area contributed by atoms with Crippen molar-refractivity contribution >= 4 is 0 Å². The third kappa shape index (κ3) is 5.09. The summed E-state index contributed by atoms with van der Waals surface area (Å²) in [5, 5.41) is 3.31. The SMILES string of the molecule is CCCNCC(COC)Oc1cccnc1. The number of nitrogens with one attached hydrogen (secondary N) is 1. The Morgan fingerprint density at radius 2 is 2.38 bits per heavy atom. The zero-order valence-corrected chi connectivity index (χ0v) is 9.98. The van der Waals surface area contributed by atoms with Gasteiger partial charge in [-0.3, -0.25) is 4.98 Å². The number of hydrogen-bond acceptors (Lipinski definition) is 4. The second-order valence-electron chi connectivity index (χ2n) is 3.59. The first-order valence-corrected chi connectivity index (χ1v) is 5.63. The zero-order chi connectivity index (χ0) is 11.6. The van der Waals surface area contributed by atoms with Gasteiger partial charge >= 0.3 is 0 Å². The molecule has 0 saturated heterocycles. The van der Waals surface area contributed by atoms with Gasteiger partial charge in [0.2, 0.25) is 0 Å². The van der Waals surface area contributed by atoms with Gasteiger partial charge in [0.1, 0.15) is 11.9 Å². The van der Waals surface area contributed by atoms with E-state index in [1.807, 2.05) is 12.1 Å². The summed E-state index contributed by atoms with van der Waals surface area (Å²) in [6.45, 7) is 4.50. The van der Waals surface area contributed by atoms with E-state index in [2.05, 4.69) is 17.2 Å². The summed E-state index contributed by atoms with van der Waals surface area (Å²) in [6.07, 6.45) is 4.59. The molecule has 4 nitrogen and oxygen atoms in total. The maximum atomic E-state index is 5.75. The Kier molecular flexibility index (Phi) is 6.53. The quantitative estimate of drug-likeness (QED) is 0.679. The van der Waals surface area contributed by atoms with Gasteiger partial charge in [0, 0.05) is 19.9 Å². The number of nitrogens with zero attached hydrogens (tertiary/aromatic N) is 1. The maximum absolute atomic E-state index is 5.75. The van der Waals surface area contributed by atoms with E-state index >= 15 is 0 Å². The van der Waals surface area contributed by atoms with Gasteiger partial charge in [-0.05, 0) is 25.1 Å². The third-order valence-electron chi connectivity index (χ3n) is 2.09. The molecule has 4 heteroatoms. The Hall–Kier alpha value is -1.13. The van der Waals surface area contributed by atoms with Gasteiger partial charge in [0.05, 0.1) is 12.8 Å². The molecular formula is C12H20N2O2. The van der Waals surface area contributed by atoms with Gasteiger partial charge in [-0.15, -0.1) is 0 Å². The van der Waals surface area contributed by atoms with Crippen molar-refractivity contribution in [3.05, 3.63) is 24.5 Å². The van der Waals surface area contributed by atoms with Gasteiger partial charge in [0.25, 0.3) is 0 Å². The lowest BCUT2D eigenvalue weighted by Gasteiger charge is -2.18. The van der Waals surface area contributed by atoms with Gasteiger partial charge < -0.3 is 14.8 Å². The molecule has 16 heavy (non-hydrogen) atoms. The molecule has 0 spiro atoms. The van der Waals surface area contributed by atoms with Crippen LogP contribution in [0.15, 0.2) is 24.5 Å². The van der Waals surface area contributed by atoms with Crippen LogP contribution in [-0.4, -0.2) is 37.9 Å². The Morgan fingerprint density at radius 3 is 3.00 bits per heavy atom. The van der Waals surface area contributed by atoms with Gasteiger partial charge in [0.15, 0.2) is 0 Å². The van der Waals surface area contributed by atoms with Gasteiger partial charge in [-0.2, -0.15) is 0 Å². The van der Waals surface area contributed by atoms with Crippen molar-refractivity contribution in [1.82, 2.24) is 10.3 Å². The highest BCUT2D eigenvalue weighted by atomic mass is 16.5. The summed E-state index contributed by atoms with van der Waals surface area (Å²) in [4.78, 5) is 4.01. The Labute approximate surface area is 97.0 Å². The molecular weight excluding hydrogens is 204 g/mol. The van der Waals surface area contributed by atoms with Crippen molar-refractivity contribution in [1.29, 1.82) is 0 Å². The molecule has 0 aliphatic heterocycles. The fourth-order valence-electron chi connectivity index (χ4n) is 1.37. The molecule has 1 aromatic rings. The van der Waals surface area contributed by atoms with E-state index in [0.29, 0.717) is 6.61 Å². The van der Waals surface area contributed by atoms with Crippen molar-refractivity contribution in [3.8, 4) is 5.75 Å². The first kappa shape index (κ1) is 12.9. The highest BCUT2D eigenvalue weighted by Gasteiger charge is 2.09. The average molecular weight is 224 g/mol. The number of ether oxygens (including phenoxy) is 2. The standard InChI is InChI=1S/C12H20N2O2/c1-3-6-13-9-12(10-15-2)16-11-5-4-7-14-8-11/h4-5,7-8,12-13H,3,6,9-10H2,1-2H3. The summed E-state index contributed by atoms with van der Waals surface area (Å²) in [5.41, 5.74) is 0. The zero-order valence-electron chi connectivity index (χ0n) is 9.98. The second-order valence-corrected chi connectivity index (χ2v) is 3.59. The normalized spacial score (nSPS) is 12.4. The molecule has 0 aromatic carbocycles. The van der Waals surface area contributed by atoms with Crippen LogP contribution in [0.2, 0.25) is 0 Å². The molecule has 0 aliphatic carbocycles. The Bertz CT molecular complexity index is 267. The van der Waals surface area contributed by atoms with E-state index < -0.39 is 0 Å². The van der Waals surface area contributed by atoms with Crippen molar-refractivity contribution < 1.29 is 9.47 Å². The largest absolute Gasteiger partial charge is 0.485 e. The molecule has 1 atom stereocenters. The van der Waals surface area contributed by atoms with Crippen molar-refractivity contribution in [2.24, 2.45) is 0 Å². The molecule has 1 N–H and O–H groups in total. The number of pyridine rings is 1. The van der Waals surface area contributed by atoms with E-state index in [-0.39, 0.29) is 6.10 Å². The molecule has 1 heterocycles. The van der Waals surface area contributed by atoms with Gasteiger partial charge in [-0.1, -0.05) is 6.92 Å². The molecule has 90 valence electrons. The van der Waals surface area contributed by atoms with Gasteiger partial charge in [-0.25, -0.2) is 0 Å². The maximum Gasteiger partial charge on any atom is 0.138 e. The molecule has 1 aromatic heterocycles.